The van der Waals surface area contributed by atoms with Crippen molar-refractivity contribution in [1.29, 1.82) is 0 Å². The third-order valence-electron chi connectivity index (χ3n) is 7.85. The molecule has 3 aromatic carbocycles. The molecular weight excluding hydrogens is 658 g/mol. The van der Waals surface area contributed by atoms with Gasteiger partial charge in [-0.25, -0.2) is 17.1 Å². The van der Waals surface area contributed by atoms with Gasteiger partial charge in [-0.05, 0) is 36.4 Å². The first-order valence-electron chi connectivity index (χ1n) is 13.7. The Hall–Kier alpha value is -4.08. The number of alkyl halides is 4. The van der Waals surface area contributed by atoms with E-state index in [2.05, 4.69) is 4.74 Å². The number of sulfonamides is 1. The van der Waals surface area contributed by atoms with Gasteiger partial charge in [-0.15, -0.1) is 13.2 Å². The number of nitrogens with zero attached hydrogens (tertiary/aromatic N) is 3. The molecule has 1 fully saturated rings. The van der Waals surface area contributed by atoms with E-state index in [0.29, 0.717) is 4.31 Å². The minimum atomic E-state index is -5.08. The zero-order valence-corrected chi connectivity index (χ0v) is 26.4. The highest BCUT2D eigenvalue weighted by atomic mass is 35.5. The molecule has 246 valence electrons. The quantitative estimate of drug-likeness (QED) is 0.314. The van der Waals surface area contributed by atoms with Crippen LogP contribution in [-0.2, 0) is 25.2 Å². The van der Waals surface area contributed by atoms with Gasteiger partial charge in [-0.2, -0.15) is 0 Å². The van der Waals surface area contributed by atoms with Gasteiger partial charge in [0.25, 0.3) is 15.9 Å². The molecule has 0 N–H and O–H groups in total. The van der Waals surface area contributed by atoms with E-state index in [4.69, 9.17) is 21.1 Å². The summed E-state index contributed by atoms with van der Waals surface area (Å²) in [6.07, 6.45) is -6.95. The Labute approximate surface area is 267 Å². The summed E-state index contributed by atoms with van der Waals surface area (Å²) >= 11 is 6.44. The number of rotatable bonds is 8. The van der Waals surface area contributed by atoms with Crippen molar-refractivity contribution >= 4 is 39.1 Å². The fourth-order valence-corrected chi connectivity index (χ4v) is 7.84. The van der Waals surface area contributed by atoms with Gasteiger partial charge in [-0.3, -0.25) is 14.5 Å². The van der Waals surface area contributed by atoms with Crippen LogP contribution < -0.4 is 18.5 Å². The lowest BCUT2D eigenvalue weighted by molar-refractivity contribution is -0.274. The van der Waals surface area contributed by atoms with Gasteiger partial charge in [0.1, 0.15) is 28.3 Å². The molecule has 1 saturated heterocycles. The fraction of sp³-hybridized carbons (Fsp3) is 0.333. The van der Waals surface area contributed by atoms with Crippen molar-refractivity contribution in [2.45, 2.75) is 35.4 Å². The minimum absolute atomic E-state index is 0.0136. The van der Waals surface area contributed by atoms with E-state index in [0.717, 1.165) is 25.3 Å². The van der Waals surface area contributed by atoms with E-state index >= 15 is 9.18 Å². The molecule has 16 heteroatoms. The smallest absolute Gasteiger partial charge is 0.496 e. The standard InChI is InChI=1S/C30H28ClF4N3O7S/c1-36(2)27(39)23-14-18(32)16-37(23)29(20-7-5-6-8-24(20)43-3)21-13-17(31)9-11-22(21)38(28(29)40)46(41,42)26-12-10-19(15-25(26)44-4)45-30(33,34)35/h5-13,15,18,23H,14,16H2,1-4H3/t18-,23+,29?/m1/s1. The summed E-state index contributed by atoms with van der Waals surface area (Å²) in [5, 5.41) is 0.0998. The number of benzene rings is 3. The summed E-state index contributed by atoms with van der Waals surface area (Å²) in [4.78, 5) is 30.5. The zero-order valence-electron chi connectivity index (χ0n) is 24.8. The molecule has 0 aliphatic carbocycles. The first kappa shape index (κ1) is 33.3. The normalized spacial score (nSPS) is 21.7. The minimum Gasteiger partial charge on any atom is -0.496 e. The molecule has 3 atom stereocenters. The second-order valence-corrected chi connectivity index (χ2v) is 12.9. The molecule has 2 aliphatic heterocycles. The molecule has 2 amide bonds. The number of fused-ring (bicyclic) bond motifs is 1. The largest absolute Gasteiger partial charge is 0.573 e. The summed E-state index contributed by atoms with van der Waals surface area (Å²) in [5.41, 5.74) is -2.24. The lowest BCUT2D eigenvalue weighted by atomic mass is 9.80. The number of anilines is 1. The number of hydrogen-bond donors (Lipinski definition) is 0. The van der Waals surface area contributed by atoms with E-state index in [1.807, 2.05) is 0 Å². The van der Waals surface area contributed by atoms with E-state index in [9.17, 15) is 26.4 Å². The molecule has 10 nitrogen and oxygen atoms in total. The van der Waals surface area contributed by atoms with Gasteiger partial charge in [0.15, 0.2) is 5.54 Å². The summed E-state index contributed by atoms with van der Waals surface area (Å²) in [5.74, 6) is -2.84. The van der Waals surface area contributed by atoms with E-state index < -0.39 is 68.9 Å². The number of amides is 2. The molecule has 0 spiro atoms. The van der Waals surface area contributed by atoms with Crippen molar-refractivity contribution in [1.82, 2.24) is 9.80 Å². The summed E-state index contributed by atoms with van der Waals surface area (Å²) in [7, 11) is 0.318. The molecule has 0 bridgehead atoms. The third kappa shape index (κ3) is 5.39. The maximum absolute atomic E-state index is 15.4. The number of likely N-dealkylation sites (N-methyl/N-ethyl adjacent to an activating group) is 1. The summed E-state index contributed by atoms with van der Waals surface area (Å²) in [6.45, 7) is -0.444. The van der Waals surface area contributed by atoms with Crippen LogP contribution in [-0.4, -0.2) is 83.5 Å². The van der Waals surface area contributed by atoms with E-state index in [-0.39, 0.29) is 34.0 Å². The highest BCUT2D eigenvalue weighted by molar-refractivity contribution is 7.93. The predicted molar refractivity (Wildman–Crippen MR) is 158 cm³/mol. The van der Waals surface area contributed by atoms with Crippen LogP contribution in [0.5, 0.6) is 17.2 Å². The Kier molecular flexibility index (Phi) is 8.64. The predicted octanol–water partition coefficient (Wildman–Crippen LogP) is 4.74. The highest BCUT2D eigenvalue weighted by Gasteiger charge is 2.64. The van der Waals surface area contributed by atoms with Crippen molar-refractivity contribution in [3.8, 4) is 17.2 Å². The van der Waals surface area contributed by atoms with Crippen LogP contribution in [0.15, 0.2) is 65.6 Å². The van der Waals surface area contributed by atoms with Gasteiger partial charge < -0.3 is 19.1 Å². The maximum atomic E-state index is 15.4. The van der Waals surface area contributed by atoms with Crippen molar-refractivity contribution in [2.24, 2.45) is 0 Å². The number of carbonyl (C=O) groups excluding carboxylic acids is 2. The van der Waals surface area contributed by atoms with Crippen LogP contribution in [0.25, 0.3) is 0 Å². The third-order valence-corrected chi connectivity index (χ3v) is 9.82. The van der Waals surface area contributed by atoms with Crippen LogP contribution in [0.2, 0.25) is 5.02 Å². The van der Waals surface area contributed by atoms with E-state index in [1.54, 1.807) is 12.1 Å². The molecular formula is C30H28ClF4N3O7S. The number of carbonyl (C=O) groups is 2. The topological polar surface area (TPSA) is 106 Å². The van der Waals surface area contributed by atoms with Crippen LogP contribution in [0.3, 0.4) is 0 Å². The Bertz CT molecular complexity index is 1810. The lowest BCUT2D eigenvalue weighted by Gasteiger charge is -2.42. The fourth-order valence-electron chi connectivity index (χ4n) is 6.07. The van der Waals surface area contributed by atoms with Crippen molar-refractivity contribution < 1.29 is 49.8 Å². The van der Waals surface area contributed by atoms with Crippen molar-refractivity contribution in [3.63, 3.8) is 0 Å². The Morgan fingerprint density at radius 2 is 1.67 bits per heavy atom. The number of para-hydroxylation sites is 1. The van der Waals surface area contributed by atoms with Crippen molar-refractivity contribution in [3.05, 3.63) is 76.8 Å². The Balaban J connectivity index is 1.81. The van der Waals surface area contributed by atoms with Gasteiger partial charge in [0.2, 0.25) is 5.91 Å². The number of methoxy groups -OCH3 is 2. The first-order chi connectivity index (χ1) is 21.6. The SMILES string of the molecule is COc1ccccc1C1(N2C[C@H](F)C[C@H]2C(=O)N(C)C)C(=O)N(S(=O)(=O)c2ccc(OC(F)(F)F)cc2OC)c2ccc(Cl)cc21. The highest BCUT2D eigenvalue weighted by Crippen LogP contribution is 2.55. The van der Waals surface area contributed by atoms with Crippen LogP contribution in [0.4, 0.5) is 23.2 Å². The molecule has 2 heterocycles. The monoisotopic (exact) mass is 685 g/mol. The number of hydrogen-bond acceptors (Lipinski definition) is 8. The molecule has 2 aliphatic rings. The molecule has 5 rings (SSSR count). The maximum Gasteiger partial charge on any atom is 0.573 e. The number of ether oxygens (including phenoxy) is 3. The summed E-state index contributed by atoms with van der Waals surface area (Å²) in [6, 6.07) is 11.3. The van der Waals surface area contributed by atoms with Gasteiger partial charge in [0.05, 0.1) is 25.9 Å². The van der Waals surface area contributed by atoms with Crippen molar-refractivity contribution in [2.75, 3.05) is 39.2 Å². The summed E-state index contributed by atoms with van der Waals surface area (Å²) < 4.78 is 98.2. The van der Waals surface area contributed by atoms with Crippen LogP contribution >= 0.6 is 11.6 Å². The zero-order chi connectivity index (χ0) is 33.8. The van der Waals surface area contributed by atoms with Crippen LogP contribution in [0.1, 0.15) is 17.5 Å². The average Bonchev–Trinajstić information content (AvgIpc) is 3.50. The van der Waals surface area contributed by atoms with Gasteiger partial charge in [-0.1, -0.05) is 29.8 Å². The first-order valence-corrected chi connectivity index (χ1v) is 15.5. The Morgan fingerprint density at radius 1 is 1.00 bits per heavy atom. The molecule has 46 heavy (non-hydrogen) atoms. The lowest BCUT2D eigenvalue weighted by Crippen LogP contribution is -2.59. The number of halogens is 5. The molecule has 3 aromatic rings. The molecule has 0 saturated carbocycles. The Morgan fingerprint density at radius 3 is 2.30 bits per heavy atom. The second-order valence-electron chi connectivity index (χ2n) is 10.7. The average molecular weight is 686 g/mol. The molecule has 0 aromatic heterocycles. The molecule has 0 radical (unpaired) electrons. The van der Waals surface area contributed by atoms with Crippen LogP contribution in [0, 0.1) is 0 Å². The second kappa shape index (κ2) is 11.9. The molecule has 1 unspecified atom stereocenters. The number of likely N-dealkylation sites (tertiary alicyclic amines) is 1. The van der Waals surface area contributed by atoms with Gasteiger partial charge in [0, 0.05) is 49.3 Å². The van der Waals surface area contributed by atoms with E-state index in [1.165, 1.54) is 61.3 Å². The van der Waals surface area contributed by atoms with Gasteiger partial charge >= 0.3 is 6.36 Å².